The van der Waals surface area contributed by atoms with Crippen LogP contribution in [0.2, 0.25) is 0 Å². The van der Waals surface area contributed by atoms with E-state index in [1.807, 2.05) is 25.1 Å². The monoisotopic (exact) mass is 430 g/mol. The Labute approximate surface area is 176 Å². The van der Waals surface area contributed by atoms with E-state index in [4.69, 9.17) is 9.15 Å². The van der Waals surface area contributed by atoms with Crippen molar-refractivity contribution in [3.05, 3.63) is 69.6 Å². The van der Waals surface area contributed by atoms with Gasteiger partial charge < -0.3 is 14.1 Å². The Hall–Kier alpha value is -3.17. The molecule has 0 spiro atoms. The number of nitrogens with one attached hydrogen (secondary N) is 2. The van der Waals surface area contributed by atoms with Gasteiger partial charge in [-0.3, -0.25) is 0 Å². The molecule has 0 aliphatic heterocycles. The maximum Gasteiger partial charge on any atom is 0.414 e. The van der Waals surface area contributed by atoms with Crippen LogP contribution in [0.3, 0.4) is 0 Å². The molecule has 0 aliphatic rings. The van der Waals surface area contributed by atoms with E-state index in [0.29, 0.717) is 29.0 Å². The van der Waals surface area contributed by atoms with E-state index in [1.54, 1.807) is 39.3 Å². The van der Waals surface area contributed by atoms with Crippen molar-refractivity contribution in [3.63, 3.8) is 0 Å². The molecule has 1 atom stereocenters. The van der Waals surface area contributed by atoms with Crippen LogP contribution >= 0.6 is 0 Å². The van der Waals surface area contributed by atoms with Crippen LogP contribution in [-0.4, -0.2) is 32.1 Å². The fourth-order valence-electron chi connectivity index (χ4n) is 2.96. The second-order valence-electron chi connectivity index (χ2n) is 6.92. The van der Waals surface area contributed by atoms with Crippen LogP contribution in [0.4, 0.5) is 10.5 Å². The lowest BCUT2D eigenvalue weighted by Crippen LogP contribution is -2.25. The van der Waals surface area contributed by atoms with Gasteiger partial charge >= 0.3 is 11.7 Å². The van der Waals surface area contributed by atoms with Crippen molar-refractivity contribution in [1.29, 1.82) is 0 Å². The van der Waals surface area contributed by atoms with E-state index in [1.165, 1.54) is 11.0 Å². The number of rotatable bonds is 6. The number of thiol groups is 1. The van der Waals surface area contributed by atoms with Gasteiger partial charge in [-0.1, -0.05) is 16.3 Å². The van der Waals surface area contributed by atoms with Crippen LogP contribution in [0.25, 0.3) is 11.0 Å². The number of benzene rings is 2. The lowest BCUT2D eigenvalue weighted by atomic mass is 9.99. The zero-order chi connectivity index (χ0) is 21.8. The number of nitrogens with zero attached hydrogens (tertiary/aromatic N) is 1. The van der Waals surface area contributed by atoms with Gasteiger partial charge in [-0.25, -0.2) is 9.59 Å². The van der Waals surface area contributed by atoms with Crippen molar-refractivity contribution in [1.82, 2.24) is 9.62 Å². The average Bonchev–Trinajstić information content (AvgIpc) is 2.71. The molecule has 30 heavy (non-hydrogen) atoms. The highest BCUT2D eigenvalue weighted by molar-refractivity contribution is 7.84. The van der Waals surface area contributed by atoms with E-state index in [0.717, 1.165) is 16.5 Å². The number of ether oxygens (including phenoxy) is 1. The number of amides is 1. The maximum absolute atomic E-state index is 12.7. The zero-order valence-corrected chi connectivity index (χ0v) is 18.1. The highest BCUT2D eigenvalue weighted by atomic mass is 32.2. The van der Waals surface area contributed by atoms with Crippen molar-refractivity contribution in [2.45, 2.75) is 13.3 Å². The van der Waals surface area contributed by atoms with Crippen molar-refractivity contribution in [3.8, 4) is 5.75 Å². The number of carbonyl (C=O) groups excluding carboxylic acids is 1. The lowest BCUT2D eigenvalue weighted by Gasteiger charge is -2.12. The Morgan fingerprint density at radius 3 is 2.67 bits per heavy atom. The molecule has 1 unspecified atom stereocenters. The summed E-state index contributed by atoms with van der Waals surface area (Å²) in [5.41, 5.74) is 2.81. The van der Waals surface area contributed by atoms with Crippen molar-refractivity contribution in [2.75, 3.05) is 25.9 Å². The van der Waals surface area contributed by atoms with Gasteiger partial charge in [0.2, 0.25) is 11.2 Å². The molecular weight excluding hydrogens is 406 g/mol. The van der Waals surface area contributed by atoms with Gasteiger partial charge in [0.1, 0.15) is 11.3 Å². The summed E-state index contributed by atoms with van der Waals surface area (Å²) in [5, 5.41) is 0.766. The van der Waals surface area contributed by atoms with E-state index < -0.39 is 22.9 Å². The first kappa shape index (κ1) is 21.5. The van der Waals surface area contributed by atoms with Gasteiger partial charge in [-0.05, 0) is 42.3 Å². The van der Waals surface area contributed by atoms with Crippen molar-refractivity contribution >= 4 is 33.9 Å². The molecule has 0 saturated carbocycles. The molecule has 0 fully saturated rings. The SMILES string of the molecule is CN[SH+](=O)Nc1cccc(Cc2c(C)c3ccc(OC(=O)N(C)C)cc3oc2=O)c1. The summed E-state index contributed by atoms with van der Waals surface area (Å²) in [6.07, 6.45) is -0.147. The average molecular weight is 431 g/mol. The van der Waals surface area contributed by atoms with Crippen molar-refractivity contribution < 1.29 is 18.2 Å². The van der Waals surface area contributed by atoms with E-state index >= 15 is 0 Å². The summed E-state index contributed by atoms with van der Waals surface area (Å²) in [5.74, 6) is 0.300. The molecule has 9 heteroatoms. The van der Waals surface area contributed by atoms with Crippen LogP contribution in [-0.2, 0) is 21.8 Å². The van der Waals surface area contributed by atoms with Gasteiger partial charge in [0.15, 0.2) is 0 Å². The molecular formula is C21H24N3O5S+. The Morgan fingerprint density at radius 2 is 1.97 bits per heavy atom. The molecule has 0 aliphatic carbocycles. The van der Waals surface area contributed by atoms with Gasteiger partial charge in [0.25, 0.3) is 0 Å². The minimum Gasteiger partial charge on any atom is -0.422 e. The minimum atomic E-state index is -1.75. The van der Waals surface area contributed by atoms with Gasteiger partial charge in [0.05, 0.1) is 5.69 Å². The molecule has 8 nitrogen and oxygen atoms in total. The van der Waals surface area contributed by atoms with E-state index in [2.05, 4.69) is 9.44 Å². The Kier molecular flexibility index (Phi) is 6.53. The van der Waals surface area contributed by atoms with Crippen LogP contribution in [0, 0.1) is 6.92 Å². The number of carbonyl (C=O) groups is 1. The normalized spacial score (nSPS) is 11.9. The molecule has 3 rings (SSSR count). The fourth-order valence-corrected chi connectivity index (χ4v) is 3.45. The highest BCUT2D eigenvalue weighted by Crippen LogP contribution is 2.26. The van der Waals surface area contributed by atoms with Gasteiger partial charge in [0, 0.05) is 44.6 Å². The molecule has 2 aromatic carbocycles. The summed E-state index contributed by atoms with van der Waals surface area (Å²) >= 11 is -1.75. The second-order valence-corrected chi connectivity index (χ2v) is 8.18. The Bertz CT molecular complexity index is 1170. The minimum absolute atomic E-state index is 0.300. The largest absolute Gasteiger partial charge is 0.422 e. The van der Waals surface area contributed by atoms with E-state index in [-0.39, 0.29) is 0 Å². The third kappa shape index (κ3) is 4.87. The first-order chi connectivity index (χ1) is 14.3. The second kappa shape index (κ2) is 9.10. The smallest absolute Gasteiger partial charge is 0.414 e. The first-order valence-electron chi connectivity index (χ1n) is 9.24. The number of anilines is 1. The molecule has 1 heterocycles. The molecule has 0 saturated heterocycles. The van der Waals surface area contributed by atoms with E-state index in [9.17, 15) is 13.8 Å². The number of fused-ring (bicyclic) bond motifs is 1. The van der Waals surface area contributed by atoms with Crippen LogP contribution in [0.15, 0.2) is 51.7 Å². The molecule has 0 radical (unpaired) electrons. The molecule has 1 amide bonds. The number of aryl methyl sites for hydroxylation is 1. The highest BCUT2D eigenvalue weighted by Gasteiger charge is 2.15. The predicted molar refractivity (Wildman–Crippen MR) is 118 cm³/mol. The predicted octanol–water partition coefficient (Wildman–Crippen LogP) is 2.91. The molecule has 0 bridgehead atoms. The van der Waals surface area contributed by atoms with Gasteiger partial charge in [-0.2, -0.15) is 4.72 Å². The lowest BCUT2D eigenvalue weighted by molar-refractivity contribution is 0.172. The molecule has 3 aromatic rings. The Balaban J connectivity index is 1.92. The van der Waals surface area contributed by atoms with Crippen molar-refractivity contribution in [2.24, 2.45) is 0 Å². The van der Waals surface area contributed by atoms with Crippen LogP contribution in [0.5, 0.6) is 5.75 Å². The zero-order valence-electron chi connectivity index (χ0n) is 17.2. The first-order valence-corrected chi connectivity index (χ1v) is 10.5. The number of hydrogen-bond donors (Lipinski definition) is 2. The summed E-state index contributed by atoms with van der Waals surface area (Å²) in [4.78, 5) is 25.7. The molecule has 2 N–H and O–H groups in total. The van der Waals surface area contributed by atoms with Gasteiger partial charge in [-0.15, -0.1) is 4.72 Å². The number of hydrogen-bond acceptors (Lipinski definition) is 5. The fraction of sp³-hybridized carbons (Fsp3) is 0.238. The summed E-state index contributed by atoms with van der Waals surface area (Å²) in [6.45, 7) is 1.86. The maximum atomic E-state index is 12.7. The third-order valence-electron chi connectivity index (χ3n) is 4.57. The molecule has 158 valence electrons. The Morgan fingerprint density at radius 1 is 1.20 bits per heavy atom. The third-order valence-corrected chi connectivity index (χ3v) is 5.44. The summed E-state index contributed by atoms with van der Waals surface area (Å²) in [6, 6.07) is 12.3. The standard InChI is InChI=1S/C21H23N3O5S/c1-13-17-9-8-16(28-21(26)24(3)4)12-19(17)29-20(25)18(13)11-14-6-5-7-15(10-14)23-30(27)22-2/h5-10,12H,11H2,1-4H3,(H2,22,23,27)/p+1. The quantitative estimate of drug-likeness (QED) is 0.356. The summed E-state index contributed by atoms with van der Waals surface area (Å²) in [7, 11) is 4.77. The van der Waals surface area contributed by atoms with Crippen LogP contribution in [0.1, 0.15) is 16.7 Å². The summed E-state index contributed by atoms with van der Waals surface area (Å²) < 4.78 is 27.9. The van der Waals surface area contributed by atoms with Crippen LogP contribution < -0.4 is 19.8 Å². The molecule has 1 aromatic heterocycles. The topological polar surface area (TPSA) is 101 Å².